The lowest BCUT2D eigenvalue weighted by molar-refractivity contribution is 0.696. The molecule has 0 aliphatic heterocycles. The fraction of sp³-hybridized carbons (Fsp3) is 0.444. The van der Waals surface area contributed by atoms with Crippen molar-refractivity contribution in [2.45, 2.75) is 44.9 Å². The van der Waals surface area contributed by atoms with Crippen LogP contribution in [-0.4, -0.2) is 17.0 Å². The van der Waals surface area contributed by atoms with Gasteiger partial charge >= 0.3 is 0 Å². The summed E-state index contributed by atoms with van der Waals surface area (Å²) in [4.78, 5) is 9.46. The molecule has 0 amide bonds. The van der Waals surface area contributed by atoms with E-state index < -0.39 is 0 Å². The van der Waals surface area contributed by atoms with E-state index in [1.54, 1.807) is 0 Å². The first-order valence-corrected chi connectivity index (χ1v) is 7.96. The molecule has 0 spiro atoms. The molecule has 3 rings (SSSR count). The van der Waals surface area contributed by atoms with Crippen LogP contribution in [0.15, 0.2) is 30.3 Å². The van der Waals surface area contributed by atoms with Gasteiger partial charge in [0.05, 0.1) is 0 Å². The summed E-state index contributed by atoms with van der Waals surface area (Å²) in [6, 6.07) is 10.7. The average Bonchev–Trinajstić information content (AvgIpc) is 3.09. The Kier molecular flexibility index (Phi) is 4.18. The van der Waals surface area contributed by atoms with E-state index in [0.717, 1.165) is 23.6 Å². The van der Waals surface area contributed by atoms with Gasteiger partial charge in [-0.2, -0.15) is 0 Å². The second-order valence-electron chi connectivity index (χ2n) is 5.78. The van der Waals surface area contributed by atoms with Crippen molar-refractivity contribution in [3.05, 3.63) is 41.6 Å². The Bertz CT molecular complexity index is 598. The zero-order valence-corrected chi connectivity index (χ0v) is 12.9. The predicted octanol–water partition coefficient (Wildman–Crippen LogP) is 4.41. The third-order valence-electron chi connectivity index (χ3n) is 4.40. The first-order chi connectivity index (χ1) is 10.3. The number of hydrogen-bond acceptors (Lipinski definition) is 3. The maximum atomic E-state index is 4.84. The zero-order chi connectivity index (χ0) is 14.7. The molecule has 1 aliphatic carbocycles. The first-order valence-electron chi connectivity index (χ1n) is 7.96. The van der Waals surface area contributed by atoms with Crippen LogP contribution in [0.2, 0.25) is 0 Å². The van der Waals surface area contributed by atoms with Crippen molar-refractivity contribution in [3.8, 4) is 11.4 Å². The van der Waals surface area contributed by atoms with Crippen LogP contribution in [0.3, 0.4) is 0 Å². The van der Waals surface area contributed by atoms with Gasteiger partial charge in [0.25, 0.3) is 0 Å². The molecule has 0 radical (unpaired) electrons. The number of benzene rings is 1. The van der Waals surface area contributed by atoms with E-state index in [0.29, 0.717) is 5.92 Å². The monoisotopic (exact) mass is 281 g/mol. The van der Waals surface area contributed by atoms with Crippen LogP contribution < -0.4 is 5.32 Å². The van der Waals surface area contributed by atoms with Gasteiger partial charge in [-0.3, -0.25) is 0 Å². The van der Waals surface area contributed by atoms with E-state index in [2.05, 4.69) is 47.6 Å². The van der Waals surface area contributed by atoms with E-state index >= 15 is 0 Å². The minimum atomic E-state index is 0.605. The molecule has 1 aromatic carbocycles. The van der Waals surface area contributed by atoms with Gasteiger partial charge in [0, 0.05) is 30.3 Å². The van der Waals surface area contributed by atoms with Crippen molar-refractivity contribution in [1.82, 2.24) is 9.97 Å². The van der Waals surface area contributed by atoms with Gasteiger partial charge in [0.1, 0.15) is 5.82 Å². The highest BCUT2D eigenvalue weighted by Crippen LogP contribution is 2.34. The summed E-state index contributed by atoms with van der Waals surface area (Å²) in [5.41, 5.74) is 3.64. The van der Waals surface area contributed by atoms with Gasteiger partial charge in [-0.1, -0.05) is 44.0 Å². The highest BCUT2D eigenvalue weighted by Gasteiger charge is 2.20. The normalized spacial score (nSPS) is 15.3. The van der Waals surface area contributed by atoms with Gasteiger partial charge < -0.3 is 5.32 Å². The van der Waals surface area contributed by atoms with Crippen LogP contribution in [0.4, 0.5) is 5.82 Å². The number of nitrogens with one attached hydrogen (secondary N) is 1. The molecule has 1 heterocycles. The first kappa shape index (κ1) is 14.1. The minimum Gasteiger partial charge on any atom is -0.373 e. The molecule has 1 aromatic heterocycles. The van der Waals surface area contributed by atoms with Gasteiger partial charge in [-0.25, -0.2) is 9.97 Å². The molecule has 0 saturated heterocycles. The Hall–Kier alpha value is -1.90. The average molecular weight is 281 g/mol. The van der Waals surface area contributed by atoms with E-state index in [1.807, 2.05) is 7.05 Å². The van der Waals surface area contributed by atoms with E-state index in [-0.39, 0.29) is 0 Å². The fourth-order valence-corrected chi connectivity index (χ4v) is 3.04. The van der Waals surface area contributed by atoms with Gasteiger partial charge in [0.15, 0.2) is 5.82 Å². The molecule has 0 unspecified atom stereocenters. The second-order valence-corrected chi connectivity index (χ2v) is 5.78. The maximum Gasteiger partial charge on any atom is 0.161 e. The van der Waals surface area contributed by atoms with Crippen LogP contribution in [0.5, 0.6) is 0 Å². The van der Waals surface area contributed by atoms with Gasteiger partial charge in [0.2, 0.25) is 0 Å². The summed E-state index contributed by atoms with van der Waals surface area (Å²) in [6.07, 6.45) is 6.22. The maximum absolute atomic E-state index is 4.84. The van der Waals surface area contributed by atoms with Crippen molar-refractivity contribution in [2.24, 2.45) is 0 Å². The summed E-state index contributed by atoms with van der Waals surface area (Å²) < 4.78 is 0. The van der Waals surface area contributed by atoms with E-state index in [1.165, 1.54) is 36.9 Å². The van der Waals surface area contributed by atoms with Crippen molar-refractivity contribution in [1.29, 1.82) is 0 Å². The number of nitrogens with zero attached hydrogens (tertiary/aromatic N) is 2. The van der Waals surface area contributed by atoms with Crippen LogP contribution in [0.1, 0.15) is 49.8 Å². The molecule has 3 heteroatoms. The molecule has 1 N–H and O–H groups in total. The quantitative estimate of drug-likeness (QED) is 0.902. The Balaban J connectivity index is 1.97. The molecule has 2 aromatic rings. The summed E-state index contributed by atoms with van der Waals surface area (Å²) in [7, 11) is 1.92. The molecule has 21 heavy (non-hydrogen) atoms. The molecule has 1 aliphatic rings. The largest absolute Gasteiger partial charge is 0.373 e. The predicted molar refractivity (Wildman–Crippen MR) is 87.6 cm³/mol. The lowest BCUT2D eigenvalue weighted by Crippen LogP contribution is -2.03. The summed E-state index contributed by atoms with van der Waals surface area (Å²) in [5, 5.41) is 3.17. The second kappa shape index (κ2) is 6.25. The Morgan fingerprint density at radius 2 is 1.81 bits per heavy atom. The Morgan fingerprint density at radius 1 is 1.10 bits per heavy atom. The Morgan fingerprint density at radius 3 is 2.43 bits per heavy atom. The third-order valence-corrected chi connectivity index (χ3v) is 4.40. The number of anilines is 1. The molecule has 0 bridgehead atoms. The number of hydrogen-bond donors (Lipinski definition) is 1. The SMILES string of the molecule is CCc1ccc(-c2nc(NC)cc(C3CCCC3)n2)cc1. The van der Waals surface area contributed by atoms with Crippen LogP contribution in [-0.2, 0) is 6.42 Å². The zero-order valence-electron chi connectivity index (χ0n) is 12.9. The number of aromatic nitrogens is 2. The Labute approximate surface area is 126 Å². The summed E-state index contributed by atoms with van der Waals surface area (Å²) in [5.74, 6) is 2.36. The topological polar surface area (TPSA) is 37.8 Å². The van der Waals surface area contributed by atoms with Crippen molar-refractivity contribution in [3.63, 3.8) is 0 Å². The highest BCUT2D eigenvalue weighted by molar-refractivity contribution is 5.58. The van der Waals surface area contributed by atoms with Crippen molar-refractivity contribution in [2.75, 3.05) is 12.4 Å². The molecular formula is C18H23N3. The van der Waals surface area contributed by atoms with E-state index in [4.69, 9.17) is 4.98 Å². The third kappa shape index (κ3) is 3.07. The molecule has 3 nitrogen and oxygen atoms in total. The van der Waals surface area contributed by atoms with Crippen LogP contribution >= 0.6 is 0 Å². The van der Waals surface area contributed by atoms with Crippen LogP contribution in [0, 0.1) is 0 Å². The fourth-order valence-electron chi connectivity index (χ4n) is 3.04. The van der Waals surface area contributed by atoms with Gasteiger partial charge in [-0.05, 0) is 24.8 Å². The summed E-state index contributed by atoms with van der Waals surface area (Å²) >= 11 is 0. The van der Waals surface area contributed by atoms with Crippen LogP contribution in [0.25, 0.3) is 11.4 Å². The molecule has 110 valence electrons. The van der Waals surface area contributed by atoms with Crippen molar-refractivity contribution >= 4 is 5.82 Å². The van der Waals surface area contributed by atoms with Gasteiger partial charge in [-0.15, -0.1) is 0 Å². The van der Waals surface area contributed by atoms with Crippen molar-refractivity contribution < 1.29 is 0 Å². The lowest BCUT2D eigenvalue weighted by Gasteiger charge is -2.12. The smallest absolute Gasteiger partial charge is 0.161 e. The summed E-state index contributed by atoms with van der Waals surface area (Å²) in [6.45, 7) is 2.17. The lowest BCUT2D eigenvalue weighted by atomic mass is 10.0. The van der Waals surface area contributed by atoms with E-state index in [9.17, 15) is 0 Å². The minimum absolute atomic E-state index is 0.605. The molecule has 1 saturated carbocycles. The molecule has 1 fully saturated rings. The molecule has 0 atom stereocenters. The standard InChI is InChI=1S/C18H23N3/c1-3-13-8-10-15(11-9-13)18-20-16(12-17(19-2)21-18)14-6-4-5-7-14/h8-12,14H,3-7H2,1-2H3,(H,19,20,21). The highest BCUT2D eigenvalue weighted by atomic mass is 15.0. The number of aryl methyl sites for hydroxylation is 1. The number of rotatable bonds is 4. The molecular weight excluding hydrogens is 258 g/mol.